The highest BCUT2D eigenvalue weighted by molar-refractivity contribution is 7.22. The lowest BCUT2D eigenvalue weighted by atomic mass is 10.2. The summed E-state index contributed by atoms with van der Waals surface area (Å²) in [4.78, 5) is 23.2. The number of carbonyl (C=O) groups is 1. The average Bonchev–Trinajstić information content (AvgIpc) is 2.93. The molecule has 0 aliphatic carbocycles. The third-order valence-electron chi connectivity index (χ3n) is 2.75. The number of hydrogen-bond donors (Lipinski definition) is 1. The van der Waals surface area contributed by atoms with Crippen LogP contribution in [0.15, 0.2) is 40.5 Å². The summed E-state index contributed by atoms with van der Waals surface area (Å²) in [5.74, 6) is -1.01. The van der Waals surface area contributed by atoms with E-state index < -0.39 is 5.97 Å². The second-order valence-electron chi connectivity index (χ2n) is 4.02. The number of benzene rings is 1. The van der Waals surface area contributed by atoms with Crippen LogP contribution >= 0.6 is 22.7 Å². The van der Waals surface area contributed by atoms with Gasteiger partial charge in [-0.1, -0.05) is 29.5 Å². The minimum Gasteiger partial charge on any atom is -0.480 e. The summed E-state index contributed by atoms with van der Waals surface area (Å²) in [5.41, 5.74) is 0.679. The smallest absolute Gasteiger partial charge is 0.323 e. The molecule has 0 fully saturated rings. The number of aromatic nitrogens is 1. The molecule has 0 saturated heterocycles. The van der Waals surface area contributed by atoms with Crippen molar-refractivity contribution < 1.29 is 9.90 Å². The molecular formula is C13H9NO3S2. The van der Waals surface area contributed by atoms with Crippen LogP contribution in [0.2, 0.25) is 0 Å². The van der Waals surface area contributed by atoms with Crippen LogP contribution in [0.4, 0.5) is 0 Å². The third-order valence-corrected chi connectivity index (χ3v) is 4.66. The summed E-state index contributed by atoms with van der Waals surface area (Å²) in [6.07, 6.45) is 0. The second kappa shape index (κ2) is 4.64. The van der Waals surface area contributed by atoms with Crippen molar-refractivity contribution in [1.82, 2.24) is 4.57 Å². The van der Waals surface area contributed by atoms with Crippen molar-refractivity contribution in [3.8, 4) is 10.6 Å². The van der Waals surface area contributed by atoms with E-state index in [-0.39, 0.29) is 11.4 Å². The van der Waals surface area contributed by atoms with Crippen LogP contribution in [0.1, 0.15) is 0 Å². The zero-order chi connectivity index (χ0) is 13.4. The number of thiophene rings is 1. The molecule has 96 valence electrons. The Morgan fingerprint density at radius 3 is 2.84 bits per heavy atom. The van der Waals surface area contributed by atoms with E-state index in [1.807, 2.05) is 30.3 Å². The van der Waals surface area contributed by atoms with Crippen LogP contribution in [0.25, 0.3) is 20.7 Å². The number of carboxylic acids is 1. The van der Waals surface area contributed by atoms with Gasteiger partial charge in [-0.25, -0.2) is 0 Å². The number of aliphatic carboxylic acids is 1. The van der Waals surface area contributed by atoms with Crippen LogP contribution < -0.4 is 4.87 Å². The third kappa shape index (κ3) is 2.20. The summed E-state index contributed by atoms with van der Waals surface area (Å²) in [6.45, 7) is -0.300. The largest absolute Gasteiger partial charge is 0.480 e. The quantitative estimate of drug-likeness (QED) is 0.807. The van der Waals surface area contributed by atoms with Crippen molar-refractivity contribution in [1.29, 1.82) is 0 Å². The molecule has 0 atom stereocenters. The maximum atomic E-state index is 11.7. The first-order valence-electron chi connectivity index (χ1n) is 5.54. The number of rotatable bonds is 3. The van der Waals surface area contributed by atoms with Gasteiger partial charge in [0.15, 0.2) is 0 Å². The Balaban J connectivity index is 2.16. The van der Waals surface area contributed by atoms with Gasteiger partial charge in [0.25, 0.3) is 0 Å². The van der Waals surface area contributed by atoms with Gasteiger partial charge in [0, 0.05) is 10.1 Å². The molecule has 0 spiro atoms. The van der Waals surface area contributed by atoms with Gasteiger partial charge in [0.05, 0.1) is 10.6 Å². The number of fused-ring (bicyclic) bond motifs is 1. The molecule has 3 rings (SSSR count). The lowest BCUT2D eigenvalue weighted by molar-refractivity contribution is -0.137. The first-order chi connectivity index (χ1) is 9.15. The Morgan fingerprint density at radius 2 is 2.11 bits per heavy atom. The Hall–Kier alpha value is -1.92. The van der Waals surface area contributed by atoms with Crippen molar-refractivity contribution in [3.05, 3.63) is 45.4 Å². The van der Waals surface area contributed by atoms with Crippen LogP contribution in [0, 0.1) is 0 Å². The van der Waals surface area contributed by atoms with Crippen LogP contribution in [0.3, 0.4) is 0 Å². The van der Waals surface area contributed by atoms with Crippen molar-refractivity contribution in [2.75, 3.05) is 0 Å². The SMILES string of the molecule is O=C(O)Cn1c(-c2cc3ccccc3s2)csc1=O. The Morgan fingerprint density at radius 1 is 1.32 bits per heavy atom. The Labute approximate surface area is 116 Å². The standard InChI is InChI=1S/C13H9NO3S2/c15-12(16)6-14-9(7-18-13(14)17)11-5-8-3-1-2-4-10(8)19-11/h1-5,7H,6H2,(H,15,16). The van der Waals surface area contributed by atoms with Crippen molar-refractivity contribution in [2.45, 2.75) is 6.54 Å². The van der Waals surface area contributed by atoms with Gasteiger partial charge in [0.2, 0.25) is 0 Å². The van der Waals surface area contributed by atoms with Gasteiger partial charge in [-0.05, 0) is 17.5 Å². The highest BCUT2D eigenvalue weighted by Crippen LogP contribution is 2.33. The van der Waals surface area contributed by atoms with Crippen molar-refractivity contribution in [2.24, 2.45) is 0 Å². The van der Waals surface area contributed by atoms with Crippen LogP contribution in [-0.4, -0.2) is 15.6 Å². The highest BCUT2D eigenvalue weighted by atomic mass is 32.1. The lowest BCUT2D eigenvalue weighted by Crippen LogP contribution is -2.19. The van der Waals surface area contributed by atoms with E-state index in [9.17, 15) is 9.59 Å². The molecular weight excluding hydrogens is 282 g/mol. The number of nitrogens with zero attached hydrogens (tertiary/aromatic N) is 1. The molecule has 6 heteroatoms. The highest BCUT2D eigenvalue weighted by Gasteiger charge is 2.13. The van der Waals surface area contributed by atoms with E-state index in [2.05, 4.69) is 0 Å². The van der Waals surface area contributed by atoms with Crippen LogP contribution in [-0.2, 0) is 11.3 Å². The fraction of sp³-hybridized carbons (Fsp3) is 0.0769. The summed E-state index contributed by atoms with van der Waals surface area (Å²) >= 11 is 2.59. The van der Waals surface area contributed by atoms with Crippen molar-refractivity contribution >= 4 is 38.7 Å². The Kier molecular flexibility index (Phi) is 2.96. The van der Waals surface area contributed by atoms with E-state index >= 15 is 0 Å². The molecule has 0 saturated carbocycles. The maximum absolute atomic E-state index is 11.7. The summed E-state index contributed by atoms with van der Waals surface area (Å²) < 4.78 is 2.43. The molecule has 4 nitrogen and oxygen atoms in total. The predicted octanol–water partition coefficient (Wildman–Crippen LogP) is 2.88. The zero-order valence-electron chi connectivity index (χ0n) is 9.70. The topological polar surface area (TPSA) is 59.3 Å². The molecule has 0 radical (unpaired) electrons. The number of hydrogen-bond acceptors (Lipinski definition) is 4. The minimum atomic E-state index is -1.01. The van der Waals surface area contributed by atoms with Gasteiger partial charge in [-0.2, -0.15) is 0 Å². The van der Waals surface area contributed by atoms with E-state index in [0.29, 0.717) is 5.69 Å². The summed E-state index contributed by atoms with van der Waals surface area (Å²) in [5, 5.41) is 11.7. The normalized spacial score (nSPS) is 10.9. The van der Waals surface area contributed by atoms with Gasteiger partial charge >= 0.3 is 10.8 Å². The summed E-state index contributed by atoms with van der Waals surface area (Å²) in [6, 6.07) is 9.91. The minimum absolute atomic E-state index is 0.241. The monoisotopic (exact) mass is 291 g/mol. The number of thiazole rings is 1. The molecule has 0 aliphatic rings. The molecule has 1 N–H and O–H groups in total. The van der Waals surface area contributed by atoms with E-state index in [0.717, 1.165) is 26.3 Å². The molecule has 1 aromatic carbocycles. The van der Waals surface area contributed by atoms with Gasteiger partial charge in [-0.15, -0.1) is 11.3 Å². The van der Waals surface area contributed by atoms with Crippen LogP contribution in [0.5, 0.6) is 0 Å². The van der Waals surface area contributed by atoms with Crippen molar-refractivity contribution in [3.63, 3.8) is 0 Å². The molecule has 2 aromatic heterocycles. The molecule has 2 heterocycles. The van der Waals surface area contributed by atoms with E-state index in [1.165, 1.54) is 4.57 Å². The fourth-order valence-electron chi connectivity index (χ4n) is 1.92. The molecule has 0 amide bonds. The lowest BCUT2D eigenvalue weighted by Gasteiger charge is -2.01. The Bertz CT molecular complexity index is 780. The van der Waals surface area contributed by atoms with E-state index in [1.54, 1.807) is 16.7 Å². The fourth-order valence-corrected chi connectivity index (χ4v) is 3.84. The van der Waals surface area contributed by atoms with Gasteiger partial charge in [-0.3, -0.25) is 14.2 Å². The zero-order valence-corrected chi connectivity index (χ0v) is 11.3. The average molecular weight is 291 g/mol. The molecule has 0 bridgehead atoms. The molecule has 3 aromatic rings. The first kappa shape index (κ1) is 12.1. The molecule has 19 heavy (non-hydrogen) atoms. The molecule has 0 aliphatic heterocycles. The van der Waals surface area contributed by atoms with Gasteiger partial charge < -0.3 is 5.11 Å². The number of carboxylic acid groups (broad SMARTS) is 1. The van der Waals surface area contributed by atoms with E-state index in [4.69, 9.17) is 5.11 Å². The molecule has 0 unspecified atom stereocenters. The van der Waals surface area contributed by atoms with Gasteiger partial charge in [0.1, 0.15) is 6.54 Å². The second-order valence-corrected chi connectivity index (χ2v) is 5.92. The summed E-state index contributed by atoms with van der Waals surface area (Å²) in [7, 11) is 0. The predicted molar refractivity (Wildman–Crippen MR) is 77.0 cm³/mol. The first-order valence-corrected chi connectivity index (χ1v) is 7.24. The maximum Gasteiger partial charge on any atom is 0.323 e.